The number of amides is 2. The van der Waals surface area contributed by atoms with Crippen LogP contribution in [0.1, 0.15) is 29.8 Å². The van der Waals surface area contributed by atoms with Gasteiger partial charge in [-0.1, -0.05) is 36.4 Å². The maximum Gasteiger partial charge on any atom is 0.253 e. The number of carbonyl (C=O) groups excluding carboxylic acids is 2. The zero-order valence-corrected chi connectivity index (χ0v) is 13.6. The van der Waals surface area contributed by atoms with Crippen LogP contribution in [0.4, 0.5) is 5.69 Å². The van der Waals surface area contributed by atoms with Gasteiger partial charge in [-0.25, -0.2) is 0 Å². The van der Waals surface area contributed by atoms with E-state index in [-0.39, 0.29) is 11.8 Å². The van der Waals surface area contributed by atoms with Crippen molar-refractivity contribution < 1.29 is 9.59 Å². The van der Waals surface area contributed by atoms with Gasteiger partial charge in [0.15, 0.2) is 0 Å². The van der Waals surface area contributed by atoms with Gasteiger partial charge in [0.1, 0.15) is 0 Å². The van der Waals surface area contributed by atoms with Crippen LogP contribution in [0.5, 0.6) is 0 Å². The highest BCUT2D eigenvalue weighted by molar-refractivity contribution is 5.97. The normalized spacial score (nSPS) is 10.2. The Labute approximate surface area is 137 Å². The van der Waals surface area contributed by atoms with Gasteiger partial charge in [0.25, 0.3) is 5.91 Å². The fourth-order valence-electron chi connectivity index (χ4n) is 2.41. The number of nitrogens with zero attached hydrogens (tertiary/aromatic N) is 1. The van der Waals surface area contributed by atoms with Crippen molar-refractivity contribution in [3.63, 3.8) is 0 Å². The Kier molecular flexibility index (Phi) is 5.92. The topological polar surface area (TPSA) is 49.4 Å². The smallest absolute Gasteiger partial charge is 0.253 e. The zero-order valence-electron chi connectivity index (χ0n) is 13.6. The first kappa shape index (κ1) is 16.7. The highest BCUT2D eigenvalue weighted by atomic mass is 16.2. The average molecular weight is 310 g/mol. The zero-order chi connectivity index (χ0) is 16.7. The maximum absolute atomic E-state index is 12.3. The minimum atomic E-state index is -0.0939. The van der Waals surface area contributed by atoms with E-state index < -0.39 is 0 Å². The van der Waals surface area contributed by atoms with Gasteiger partial charge in [-0.2, -0.15) is 0 Å². The molecule has 0 unspecified atom stereocenters. The number of benzene rings is 2. The average Bonchev–Trinajstić information content (AvgIpc) is 2.57. The molecule has 0 bridgehead atoms. The highest BCUT2D eigenvalue weighted by Crippen LogP contribution is 2.13. The summed E-state index contributed by atoms with van der Waals surface area (Å²) in [5.74, 6) is -0.113. The molecule has 0 saturated carbocycles. The van der Waals surface area contributed by atoms with Crippen LogP contribution in [0.2, 0.25) is 0 Å². The first-order valence-corrected chi connectivity index (χ1v) is 7.87. The molecule has 0 radical (unpaired) electrons. The van der Waals surface area contributed by atoms with E-state index in [1.807, 2.05) is 44.2 Å². The molecule has 120 valence electrons. The molecule has 0 aliphatic heterocycles. The van der Waals surface area contributed by atoms with Crippen LogP contribution in [-0.2, 0) is 11.2 Å². The summed E-state index contributed by atoms with van der Waals surface area (Å²) in [6, 6.07) is 16.6. The second-order valence-corrected chi connectivity index (χ2v) is 5.27. The molecule has 0 fully saturated rings. The van der Waals surface area contributed by atoms with Crippen LogP contribution in [0.15, 0.2) is 54.6 Å². The van der Waals surface area contributed by atoms with E-state index in [4.69, 9.17) is 0 Å². The van der Waals surface area contributed by atoms with Crippen LogP contribution in [-0.4, -0.2) is 29.8 Å². The van der Waals surface area contributed by atoms with Gasteiger partial charge in [-0.3, -0.25) is 9.59 Å². The van der Waals surface area contributed by atoms with E-state index in [0.717, 1.165) is 5.56 Å². The molecule has 2 aromatic rings. The summed E-state index contributed by atoms with van der Waals surface area (Å²) < 4.78 is 0. The van der Waals surface area contributed by atoms with E-state index >= 15 is 0 Å². The SMILES string of the molecule is CCN(CC)C(=O)c1cccc(NC(=O)Cc2ccccc2)c1. The number of nitrogens with one attached hydrogen (secondary N) is 1. The third kappa shape index (κ3) is 4.68. The Morgan fingerprint density at radius 2 is 1.65 bits per heavy atom. The summed E-state index contributed by atoms with van der Waals surface area (Å²) in [6.07, 6.45) is 0.315. The summed E-state index contributed by atoms with van der Waals surface area (Å²) in [5, 5.41) is 2.85. The Morgan fingerprint density at radius 1 is 0.957 bits per heavy atom. The number of hydrogen-bond acceptors (Lipinski definition) is 2. The van der Waals surface area contributed by atoms with Gasteiger partial charge in [0, 0.05) is 24.3 Å². The summed E-state index contributed by atoms with van der Waals surface area (Å²) >= 11 is 0. The Bertz CT molecular complexity index is 664. The molecule has 0 saturated heterocycles. The quantitative estimate of drug-likeness (QED) is 0.889. The van der Waals surface area contributed by atoms with Gasteiger partial charge in [-0.15, -0.1) is 0 Å². The van der Waals surface area contributed by atoms with Crippen LogP contribution in [0, 0.1) is 0 Å². The van der Waals surface area contributed by atoms with Gasteiger partial charge in [-0.05, 0) is 37.6 Å². The van der Waals surface area contributed by atoms with E-state index in [0.29, 0.717) is 30.8 Å². The molecule has 0 spiro atoms. The first-order chi connectivity index (χ1) is 11.1. The first-order valence-electron chi connectivity index (χ1n) is 7.87. The molecule has 0 atom stereocenters. The summed E-state index contributed by atoms with van der Waals surface area (Å²) in [6.45, 7) is 5.24. The summed E-state index contributed by atoms with van der Waals surface area (Å²) in [7, 11) is 0. The molecule has 0 aliphatic rings. The lowest BCUT2D eigenvalue weighted by Crippen LogP contribution is -2.30. The molecular weight excluding hydrogens is 288 g/mol. The van der Waals surface area contributed by atoms with Crippen molar-refractivity contribution in [3.8, 4) is 0 Å². The Hall–Kier alpha value is -2.62. The van der Waals surface area contributed by atoms with Crippen LogP contribution in [0.25, 0.3) is 0 Å². The fraction of sp³-hybridized carbons (Fsp3) is 0.263. The highest BCUT2D eigenvalue weighted by Gasteiger charge is 2.13. The van der Waals surface area contributed by atoms with Gasteiger partial charge in [0.2, 0.25) is 5.91 Å². The predicted octanol–water partition coefficient (Wildman–Crippen LogP) is 3.35. The van der Waals surface area contributed by atoms with Crippen molar-refractivity contribution in [2.45, 2.75) is 20.3 Å². The van der Waals surface area contributed by atoms with E-state index in [2.05, 4.69) is 5.32 Å². The van der Waals surface area contributed by atoms with Crippen molar-refractivity contribution in [1.82, 2.24) is 4.90 Å². The maximum atomic E-state index is 12.3. The van der Waals surface area contributed by atoms with Gasteiger partial charge >= 0.3 is 0 Å². The monoisotopic (exact) mass is 310 g/mol. The number of rotatable bonds is 6. The molecule has 0 heterocycles. The third-order valence-electron chi connectivity index (χ3n) is 3.65. The minimum Gasteiger partial charge on any atom is -0.339 e. The van der Waals surface area contributed by atoms with Crippen molar-refractivity contribution in [2.24, 2.45) is 0 Å². The second kappa shape index (κ2) is 8.13. The Morgan fingerprint density at radius 3 is 2.30 bits per heavy atom. The predicted molar refractivity (Wildman–Crippen MR) is 92.5 cm³/mol. The number of carbonyl (C=O) groups is 2. The van der Waals surface area contributed by atoms with Crippen molar-refractivity contribution in [2.75, 3.05) is 18.4 Å². The standard InChI is InChI=1S/C19H22N2O2/c1-3-21(4-2)19(23)16-11-8-12-17(14-16)20-18(22)13-15-9-6-5-7-10-15/h5-12,14H,3-4,13H2,1-2H3,(H,20,22). The second-order valence-electron chi connectivity index (χ2n) is 5.27. The molecule has 2 amide bonds. The molecule has 2 rings (SSSR count). The van der Waals surface area contributed by atoms with Crippen LogP contribution >= 0.6 is 0 Å². The van der Waals surface area contributed by atoms with E-state index in [1.165, 1.54) is 0 Å². The lowest BCUT2D eigenvalue weighted by molar-refractivity contribution is -0.115. The minimum absolute atomic E-state index is 0.0193. The van der Waals surface area contributed by atoms with Crippen molar-refractivity contribution in [3.05, 3.63) is 65.7 Å². The van der Waals surface area contributed by atoms with Crippen molar-refractivity contribution >= 4 is 17.5 Å². The van der Waals surface area contributed by atoms with Gasteiger partial charge in [0.05, 0.1) is 6.42 Å². The number of hydrogen-bond donors (Lipinski definition) is 1. The lowest BCUT2D eigenvalue weighted by atomic mass is 10.1. The summed E-state index contributed by atoms with van der Waals surface area (Å²) in [4.78, 5) is 26.2. The van der Waals surface area contributed by atoms with E-state index in [9.17, 15) is 9.59 Å². The number of anilines is 1. The Balaban J connectivity index is 2.05. The van der Waals surface area contributed by atoms with Crippen LogP contribution < -0.4 is 5.32 Å². The molecule has 0 aromatic heterocycles. The van der Waals surface area contributed by atoms with Crippen LogP contribution in [0.3, 0.4) is 0 Å². The molecule has 4 heteroatoms. The molecule has 1 N–H and O–H groups in total. The largest absolute Gasteiger partial charge is 0.339 e. The fourth-order valence-corrected chi connectivity index (χ4v) is 2.41. The van der Waals surface area contributed by atoms with Gasteiger partial charge < -0.3 is 10.2 Å². The molecule has 4 nitrogen and oxygen atoms in total. The molecule has 0 aliphatic carbocycles. The van der Waals surface area contributed by atoms with E-state index in [1.54, 1.807) is 29.2 Å². The lowest BCUT2D eigenvalue weighted by Gasteiger charge is -2.19. The third-order valence-corrected chi connectivity index (χ3v) is 3.65. The summed E-state index contributed by atoms with van der Waals surface area (Å²) in [5.41, 5.74) is 2.19. The molecule has 23 heavy (non-hydrogen) atoms. The molecular formula is C19H22N2O2. The van der Waals surface area contributed by atoms with Crippen molar-refractivity contribution in [1.29, 1.82) is 0 Å². The molecule has 2 aromatic carbocycles.